The number of carbonyl (C=O) groups excluding carboxylic acids is 1. The Hall–Kier alpha value is -2.86. The molecule has 0 aliphatic carbocycles. The molecule has 0 atom stereocenters. The minimum absolute atomic E-state index is 0.0477. The first kappa shape index (κ1) is 17.9. The Kier molecular flexibility index (Phi) is 5.53. The minimum Gasteiger partial charge on any atom is -0.497 e. The van der Waals surface area contributed by atoms with Crippen LogP contribution in [0.3, 0.4) is 0 Å². The molecule has 1 aromatic heterocycles. The average Bonchev–Trinajstić information content (AvgIpc) is 3.12. The van der Waals surface area contributed by atoms with Gasteiger partial charge in [-0.1, -0.05) is 41.0 Å². The maximum Gasteiger partial charge on any atom is 0.246 e. The molecule has 0 radical (unpaired) electrons. The molecule has 0 aliphatic rings. The lowest BCUT2D eigenvalue weighted by molar-refractivity contribution is -0.130. The van der Waals surface area contributed by atoms with Crippen molar-refractivity contribution in [3.8, 4) is 17.1 Å². The third-order valence-corrected chi connectivity index (χ3v) is 4.11. The number of amides is 1. The van der Waals surface area contributed by atoms with Crippen molar-refractivity contribution in [3.63, 3.8) is 0 Å². The van der Waals surface area contributed by atoms with Crippen molar-refractivity contribution in [2.45, 2.75) is 13.0 Å². The smallest absolute Gasteiger partial charge is 0.246 e. The van der Waals surface area contributed by atoms with Crippen LogP contribution in [0.5, 0.6) is 5.75 Å². The molecule has 3 aromatic rings. The molecule has 0 fully saturated rings. The van der Waals surface area contributed by atoms with Gasteiger partial charge in [-0.15, -0.1) is 0 Å². The van der Waals surface area contributed by atoms with Crippen molar-refractivity contribution in [2.24, 2.45) is 0 Å². The first-order valence-corrected chi connectivity index (χ1v) is 8.38. The summed E-state index contributed by atoms with van der Waals surface area (Å²) in [5.41, 5.74) is 1.68. The van der Waals surface area contributed by atoms with E-state index in [0.29, 0.717) is 22.5 Å². The first-order valence-electron chi connectivity index (χ1n) is 8.00. The van der Waals surface area contributed by atoms with E-state index < -0.39 is 0 Å². The number of ether oxygens (including phenoxy) is 1. The zero-order chi connectivity index (χ0) is 18.5. The lowest BCUT2D eigenvalue weighted by Crippen LogP contribution is -2.27. The number of halogens is 1. The molecular formula is C19H18ClN3O3. The fourth-order valence-electron chi connectivity index (χ4n) is 2.40. The van der Waals surface area contributed by atoms with Gasteiger partial charge in [-0.3, -0.25) is 4.79 Å². The van der Waals surface area contributed by atoms with E-state index in [-0.39, 0.29) is 18.9 Å². The molecule has 3 rings (SSSR count). The van der Waals surface area contributed by atoms with Crippen LogP contribution in [0.2, 0.25) is 5.02 Å². The van der Waals surface area contributed by atoms with E-state index in [1.54, 1.807) is 31.2 Å². The Morgan fingerprint density at radius 3 is 2.73 bits per heavy atom. The van der Waals surface area contributed by atoms with Crippen LogP contribution in [0.15, 0.2) is 53.1 Å². The van der Waals surface area contributed by atoms with E-state index in [2.05, 4.69) is 10.1 Å². The van der Waals surface area contributed by atoms with Gasteiger partial charge in [-0.2, -0.15) is 4.98 Å². The molecule has 0 bridgehead atoms. The number of nitrogens with zero attached hydrogens (tertiary/aromatic N) is 3. The second-order valence-corrected chi connectivity index (χ2v) is 6.23. The molecular weight excluding hydrogens is 354 g/mol. The van der Waals surface area contributed by atoms with Crippen LogP contribution < -0.4 is 4.74 Å². The number of benzene rings is 2. The highest BCUT2D eigenvalue weighted by Crippen LogP contribution is 2.21. The van der Waals surface area contributed by atoms with E-state index in [9.17, 15) is 4.79 Å². The van der Waals surface area contributed by atoms with Gasteiger partial charge in [0.05, 0.1) is 20.1 Å². The predicted octanol–water partition coefficient (Wildman–Crippen LogP) is 3.60. The lowest BCUT2D eigenvalue weighted by atomic mass is 10.1. The van der Waals surface area contributed by atoms with Crippen molar-refractivity contribution in [2.75, 3.05) is 14.2 Å². The van der Waals surface area contributed by atoms with Crippen LogP contribution in [0.25, 0.3) is 11.4 Å². The fraction of sp³-hybridized carbons (Fsp3) is 0.211. The largest absolute Gasteiger partial charge is 0.497 e. The summed E-state index contributed by atoms with van der Waals surface area (Å²) in [4.78, 5) is 18.3. The number of aromatic nitrogens is 2. The second-order valence-electron chi connectivity index (χ2n) is 5.80. The Bertz CT molecular complexity index is 893. The Balaban J connectivity index is 1.64. The summed E-state index contributed by atoms with van der Waals surface area (Å²) in [6.07, 6.45) is 0.282. The number of methoxy groups -OCH3 is 1. The van der Waals surface area contributed by atoms with E-state index in [0.717, 1.165) is 11.1 Å². The molecule has 0 N–H and O–H groups in total. The van der Waals surface area contributed by atoms with Crippen LogP contribution in [0, 0.1) is 0 Å². The predicted molar refractivity (Wildman–Crippen MR) is 97.9 cm³/mol. The molecule has 0 aliphatic heterocycles. The van der Waals surface area contributed by atoms with Gasteiger partial charge in [0.2, 0.25) is 17.6 Å². The van der Waals surface area contributed by atoms with Gasteiger partial charge < -0.3 is 14.2 Å². The maximum absolute atomic E-state index is 12.3. The quantitative estimate of drug-likeness (QED) is 0.662. The third kappa shape index (κ3) is 4.40. The highest BCUT2D eigenvalue weighted by atomic mass is 35.5. The summed E-state index contributed by atoms with van der Waals surface area (Å²) in [6, 6.07) is 14.6. The van der Waals surface area contributed by atoms with Crippen molar-refractivity contribution in [1.82, 2.24) is 15.0 Å². The molecule has 1 heterocycles. The summed E-state index contributed by atoms with van der Waals surface area (Å²) in [7, 11) is 3.30. The number of rotatable bonds is 6. The molecule has 0 saturated carbocycles. The van der Waals surface area contributed by atoms with Crippen LogP contribution in [0.4, 0.5) is 0 Å². The molecule has 0 unspecified atom stereocenters. The first-order chi connectivity index (χ1) is 12.5. The van der Waals surface area contributed by atoms with Crippen molar-refractivity contribution < 1.29 is 14.1 Å². The van der Waals surface area contributed by atoms with Crippen LogP contribution >= 0.6 is 11.6 Å². The van der Waals surface area contributed by atoms with Gasteiger partial charge >= 0.3 is 0 Å². The Morgan fingerprint density at radius 1 is 1.23 bits per heavy atom. The van der Waals surface area contributed by atoms with E-state index in [1.807, 2.05) is 36.4 Å². The molecule has 2 aromatic carbocycles. The van der Waals surface area contributed by atoms with Crippen LogP contribution in [0.1, 0.15) is 11.5 Å². The molecule has 134 valence electrons. The van der Waals surface area contributed by atoms with Crippen LogP contribution in [-0.4, -0.2) is 35.1 Å². The second kappa shape index (κ2) is 8.01. The Morgan fingerprint density at radius 2 is 2.00 bits per heavy atom. The highest BCUT2D eigenvalue weighted by molar-refractivity contribution is 6.30. The number of likely N-dealkylation sites (N-methyl/N-ethyl adjacent to an activating group) is 1. The normalized spacial score (nSPS) is 10.6. The van der Waals surface area contributed by atoms with Crippen LogP contribution in [-0.2, 0) is 17.8 Å². The summed E-state index contributed by atoms with van der Waals surface area (Å²) in [6.45, 7) is 0.239. The van der Waals surface area contributed by atoms with Gasteiger partial charge in [0.1, 0.15) is 5.75 Å². The average molecular weight is 372 g/mol. The zero-order valence-electron chi connectivity index (χ0n) is 14.5. The summed E-state index contributed by atoms with van der Waals surface area (Å²) >= 11 is 5.86. The van der Waals surface area contributed by atoms with Gasteiger partial charge in [0, 0.05) is 17.6 Å². The number of hydrogen-bond donors (Lipinski definition) is 0. The number of carbonyl (C=O) groups is 1. The topological polar surface area (TPSA) is 68.5 Å². The lowest BCUT2D eigenvalue weighted by Gasteiger charge is -2.14. The Labute approximate surface area is 156 Å². The summed E-state index contributed by atoms with van der Waals surface area (Å²) < 4.78 is 10.5. The SMILES string of the molecule is COc1cccc(-c2noc(CN(C)C(=O)Cc3ccc(Cl)cc3)n2)c1. The number of hydrogen-bond acceptors (Lipinski definition) is 5. The monoisotopic (exact) mass is 371 g/mol. The van der Waals surface area contributed by atoms with E-state index in [4.69, 9.17) is 20.9 Å². The summed E-state index contributed by atoms with van der Waals surface area (Å²) in [5, 5.41) is 4.62. The minimum atomic E-state index is -0.0477. The third-order valence-electron chi connectivity index (χ3n) is 3.86. The van der Waals surface area contributed by atoms with Gasteiger partial charge in [0.15, 0.2) is 0 Å². The van der Waals surface area contributed by atoms with Gasteiger partial charge in [-0.25, -0.2) is 0 Å². The molecule has 7 heteroatoms. The molecule has 1 amide bonds. The van der Waals surface area contributed by atoms with Gasteiger partial charge in [-0.05, 0) is 29.8 Å². The van der Waals surface area contributed by atoms with E-state index in [1.165, 1.54) is 0 Å². The summed E-state index contributed by atoms with van der Waals surface area (Å²) in [5.74, 6) is 1.49. The highest BCUT2D eigenvalue weighted by Gasteiger charge is 2.15. The van der Waals surface area contributed by atoms with Crippen molar-refractivity contribution >= 4 is 17.5 Å². The molecule has 6 nitrogen and oxygen atoms in total. The maximum atomic E-state index is 12.3. The fourth-order valence-corrected chi connectivity index (χ4v) is 2.53. The van der Waals surface area contributed by atoms with E-state index >= 15 is 0 Å². The van der Waals surface area contributed by atoms with Crippen molar-refractivity contribution in [1.29, 1.82) is 0 Å². The molecule has 0 saturated heterocycles. The van der Waals surface area contributed by atoms with Crippen molar-refractivity contribution in [3.05, 3.63) is 65.0 Å². The zero-order valence-corrected chi connectivity index (χ0v) is 15.2. The molecule has 0 spiro atoms. The van der Waals surface area contributed by atoms with Gasteiger partial charge in [0.25, 0.3) is 0 Å². The standard InChI is InChI=1S/C19H18ClN3O3/c1-23(18(24)10-13-6-8-15(20)9-7-13)12-17-21-19(22-26-17)14-4-3-5-16(11-14)25-2/h3-9,11H,10,12H2,1-2H3. The molecule has 26 heavy (non-hydrogen) atoms.